The van der Waals surface area contributed by atoms with E-state index in [-0.39, 0.29) is 17.1 Å². The summed E-state index contributed by atoms with van der Waals surface area (Å²) in [4.78, 5) is 17.3. The summed E-state index contributed by atoms with van der Waals surface area (Å²) in [5.74, 6) is -0.469. The number of phenolic OH excluding ortho intramolecular Hbond substituents is 2. The van der Waals surface area contributed by atoms with E-state index in [4.69, 9.17) is 4.42 Å². The molecule has 0 spiro atoms. The molecule has 0 aliphatic carbocycles. The van der Waals surface area contributed by atoms with Crippen molar-refractivity contribution in [1.29, 1.82) is 0 Å². The molecule has 0 aliphatic heterocycles. The van der Waals surface area contributed by atoms with Crippen molar-refractivity contribution in [2.45, 2.75) is 0 Å². The molecule has 0 saturated carbocycles. The Bertz CT molecular complexity index is 1180. The van der Waals surface area contributed by atoms with Gasteiger partial charge in [0, 0.05) is 10.9 Å². The third-order valence-corrected chi connectivity index (χ3v) is 4.15. The molecule has 0 bridgehead atoms. The summed E-state index contributed by atoms with van der Waals surface area (Å²) in [5.41, 5.74) is 4.28. The summed E-state index contributed by atoms with van der Waals surface area (Å²) in [5, 5.41) is 23.9. The highest BCUT2D eigenvalue weighted by Gasteiger charge is 2.14. The Morgan fingerprint density at radius 3 is 2.75 bits per heavy atom. The van der Waals surface area contributed by atoms with Gasteiger partial charge in [0.2, 0.25) is 0 Å². The number of hydrazone groups is 1. The number of carbonyl (C=O) groups excluding carboxylic acids is 1. The minimum absolute atomic E-state index is 0.265. The Balaban J connectivity index is 1.67. The normalized spacial score (nSPS) is 11.1. The Kier molecular flexibility index (Phi) is 4.47. The molecule has 0 atom stereocenters. The Hall–Kier alpha value is -4.13. The Morgan fingerprint density at radius 2 is 1.93 bits per heavy atom. The molecule has 0 fully saturated rings. The van der Waals surface area contributed by atoms with Gasteiger partial charge in [-0.15, -0.1) is 0 Å². The summed E-state index contributed by atoms with van der Waals surface area (Å²) in [6.45, 7) is 0. The van der Waals surface area contributed by atoms with Gasteiger partial charge in [0.05, 0.1) is 23.6 Å². The number of pyridine rings is 1. The molecule has 4 rings (SSSR count). The number of amides is 1. The molecule has 0 aliphatic rings. The molecule has 1 amide bonds. The fourth-order valence-electron chi connectivity index (χ4n) is 2.79. The molecule has 7 nitrogen and oxygen atoms in total. The van der Waals surface area contributed by atoms with Gasteiger partial charge in [0.15, 0.2) is 17.3 Å². The van der Waals surface area contributed by atoms with Gasteiger partial charge in [-0.2, -0.15) is 5.10 Å². The number of hydrogen-bond donors (Lipinski definition) is 3. The van der Waals surface area contributed by atoms with Crippen molar-refractivity contribution in [1.82, 2.24) is 10.4 Å². The van der Waals surface area contributed by atoms with E-state index in [1.807, 2.05) is 18.2 Å². The summed E-state index contributed by atoms with van der Waals surface area (Å²) in [7, 11) is 0. The molecule has 0 unspecified atom stereocenters. The number of nitrogens with one attached hydrogen (secondary N) is 1. The molecular formula is C21H15N3O4. The Labute approximate surface area is 159 Å². The predicted molar refractivity (Wildman–Crippen MR) is 104 cm³/mol. The van der Waals surface area contributed by atoms with Crippen LogP contribution in [0, 0.1) is 0 Å². The lowest BCUT2D eigenvalue weighted by Crippen LogP contribution is -2.18. The van der Waals surface area contributed by atoms with Gasteiger partial charge in [0.25, 0.3) is 5.91 Å². The molecule has 2 aromatic carbocycles. The molecule has 7 heteroatoms. The van der Waals surface area contributed by atoms with E-state index in [2.05, 4.69) is 15.5 Å². The van der Waals surface area contributed by atoms with Crippen molar-refractivity contribution in [3.63, 3.8) is 0 Å². The fraction of sp³-hybridized carbons (Fsp3) is 0. The average molecular weight is 373 g/mol. The topological polar surface area (TPSA) is 108 Å². The maximum absolute atomic E-state index is 12.7. The van der Waals surface area contributed by atoms with E-state index in [9.17, 15) is 15.0 Å². The molecule has 0 radical (unpaired) electrons. The zero-order valence-corrected chi connectivity index (χ0v) is 14.5. The fourth-order valence-corrected chi connectivity index (χ4v) is 2.79. The lowest BCUT2D eigenvalue weighted by Gasteiger charge is -2.07. The van der Waals surface area contributed by atoms with Crippen LogP contribution in [0.5, 0.6) is 11.5 Å². The minimum Gasteiger partial charge on any atom is -0.504 e. The van der Waals surface area contributed by atoms with Gasteiger partial charge in [-0.3, -0.25) is 4.79 Å². The smallest absolute Gasteiger partial charge is 0.272 e. The zero-order valence-electron chi connectivity index (χ0n) is 14.5. The maximum atomic E-state index is 12.7. The van der Waals surface area contributed by atoms with Crippen molar-refractivity contribution >= 4 is 23.0 Å². The monoisotopic (exact) mass is 373 g/mol. The number of phenols is 2. The predicted octanol–water partition coefficient (Wildman–Crippen LogP) is 3.67. The first kappa shape index (κ1) is 17.3. The summed E-state index contributed by atoms with van der Waals surface area (Å²) in [6.07, 6.45) is 2.79. The van der Waals surface area contributed by atoms with Crippen molar-refractivity contribution in [2.24, 2.45) is 5.10 Å². The second-order valence-corrected chi connectivity index (χ2v) is 5.96. The highest BCUT2D eigenvalue weighted by molar-refractivity contribution is 6.07. The number of hydrogen-bond acceptors (Lipinski definition) is 6. The number of fused-ring (bicyclic) bond motifs is 1. The summed E-state index contributed by atoms with van der Waals surface area (Å²) >= 11 is 0. The van der Waals surface area contributed by atoms with Gasteiger partial charge in [-0.05, 0) is 36.4 Å². The Morgan fingerprint density at radius 1 is 1.07 bits per heavy atom. The molecule has 2 heterocycles. The lowest BCUT2D eigenvalue weighted by molar-refractivity contribution is 0.0956. The number of benzene rings is 2. The van der Waals surface area contributed by atoms with Gasteiger partial charge in [-0.1, -0.05) is 24.3 Å². The van der Waals surface area contributed by atoms with E-state index in [1.54, 1.807) is 36.4 Å². The van der Waals surface area contributed by atoms with Gasteiger partial charge in [0.1, 0.15) is 5.69 Å². The van der Waals surface area contributed by atoms with Gasteiger partial charge < -0.3 is 14.6 Å². The number of furan rings is 1. The van der Waals surface area contributed by atoms with Crippen LogP contribution in [0.3, 0.4) is 0 Å². The largest absolute Gasteiger partial charge is 0.504 e. The maximum Gasteiger partial charge on any atom is 0.272 e. The second-order valence-electron chi connectivity index (χ2n) is 5.96. The quantitative estimate of drug-likeness (QED) is 0.287. The van der Waals surface area contributed by atoms with E-state index in [0.29, 0.717) is 27.9 Å². The van der Waals surface area contributed by atoms with Crippen LogP contribution in [0.25, 0.3) is 22.4 Å². The van der Waals surface area contributed by atoms with E-state index in [0.717, 1.165) is 0 Å². The number of aromatic hydroxyl groups is 2. The molecule has 3 N–H and O–H groups in total. The van der Waals surface area contributed by atoms with Crippen LogP contribution < -0.4 is 5.43 Å². The SMILES string of the molecule is O=C(N/N=C/c1cccc(O)c1O)c1cc(-c2ccco2)nc2ccccc12. The van der Waals surface area contributed by atoms with E-state index >= 15 is 0 Å². The third-order valence-electron chi connectivity index (χ3n) is 4.15. The van der Waals surface area contributed by atoms with Crippen molar-refractivity contribution < 1.29 is 19.4 Å². The molecule has 2 aromatic heterocycles. The molecular weight excluding hydrogens is 358 g/mol. The third kappa shape index (κ3) is 3.28. The first-order valence-corrected chi connectivity index (χ1v) is 8.41. The first-order valence-electron chi connectivity index (χ1n) is 8.41. The van der Waals surface area contributed by atoms with Crippen LogP contribution in [0.1, 0.15) is 15.9 Å². The van der Waals surface area contributed by atoms with Crippen molar-refractivity contribution in [3.8, 4) is 23.0 Å². The van der Waals surface area contributed by atoms with Crippen LogP contribution in [-0.4, -0.2) is 27.3 Å². The minimum atomic E-state index is -0.442. The zero-order chi connectivity index (χ0) is 19.5. The number of aromatic nitrogens is 1. The molecule has 138 valence electrons. The van der Waals surface area contributed by atoms with Crippen molar-refractivity contribution in [2.75, 3.05) is 0 Å². The lowest BCUT2D eigenvalue weighted by atomic mass is 10.1. The highest BCUT2D eigenvalue weighted by Crippen LogP contribution is 2.27. The highest BCUT2D eigenvalue weighted by atomic mass is 16.3. The second kappa shape index (κ2) is 7.24. The number of para-hydroxylation sites is 2. The summed E-state index contributed by atoms with van der Waals surface area (Å²) < 4.78 is 5.39. The summed E-state index contributed by atoms with van der Waals surface area (Å²) in [6, 6.07) is 16.9. The van der Waals surface area contributed by atoms with Crippen LogP contribution in [0.2, 0.25) is 0 Å². The first-order chi connectivity index (χ1) is 13.6. The standard InChI is InChI=1S/C21H15N3O4/c25-18-8-3-5-13(20(18)26)12-22-24-21(27)15-11-17(19-9-4-10-28-19)23-16-7-2-1-6-14(15)16/h1-12,25-26H,(H,24,27)/b22-12+. The molecule has 28 heavy (non-hydrogen) atoms. The number of carbonyl (C=O) groups is 1. The van der Waals surface area contributed by atoms with Crippen LogP contribution >= 0.6 is 0 Å². The van der Waals surface area contributed by atoms with E-state index in [1.165, 1.54) is 18.5 Å². The average Bonchev–Trinajstić information content (AvgIpc) is 3.25. The molecule has 4 aromatic rings. The number of nitrogens with zero attached hydrogens (tertiary/aromatic N) is 2. The van der Waals surface area contributed by atoms with Gasteiger partial charge in [-0.25, -0.2) is 10.4 Å². The van der Waals surface area contributed by atoms with Crippen LogP contribution in [0.15, 0.2) is 76.4 Å². The van der Waals surface area contributed by atoms with Crippen LogP contribution in [0.4, 0.5) is 0 Å². The van der Waals surface area contributed by atoms with Gasteiger partial charge >= 0.3 is 0 Å². The molecule has 0 saturated heterocycles. The van der Waals surface area contributed by atoms with Crippen molar-refractivity contribution in [3.05, 3.63) is 78.1 Å². The number of rotatable bonds is 4. The van der Waals surface area contributed by atoms with Crippen LogP contribution in [-0.2, 0) is 0 Å². The van der Waals surface area contributed by atoms with E-state index < -0.39 is 5.91 Å².